The van der Waals surface area contributed by atoms with Crippen LogP contribution in [0.15, 0.2) is 12.1 Å². The fraction of sp³-hybridized carbons (Fsp3) is 0.550. The van der Waals surface area contributed by atoms with Crippen molar-refractivity contribution in [1.29, 1.82) is 0 Å². The minimum atomic E-state index is -0.127. The molecule has 28 heavy (non-hydrogen) atoms. The van der Waals surface area contributed by atoms with Gasteiger partial charge in [0, 0.05) is 12.0 Å². The van der Waals surface area contributed by atoms with Gasteiger partial charge in [0.15, 0.2) is 17.3 Å². The lowest BCUT2D eigenvalue weighted by molar-refractivity contribution is 0.0883. The maximum atomic E-state index is 12.8. The molecule has 2 aromatic rings. The van der Waals surface area contributed by atoms with Crippen molar-refractivity contribution < 1.29 is 23.7 Å². The van der Waals surface area contributed by atoms with Crippen molar-refractivity contribution in [1.82, 2.24) is 14.8 Å². The number of carbonyl (C=O) groups is 1. The average molecular weight is 391 g/mol. The van der Waals surface area contributed by atoms with Crippen LogP contribution in [0.2, 0.25) is 0 Å². The first-order chi connectivity index (χ1) is 13.6. The van der Waals surface area contributed by atoms with Gasteiger partial charge >= 0.3 is 6.01 Å². The summed E-state index contributed by atoms with van der Waals surface area (Å²) in [5.41, 5.74) is 0.620. The second-order valence-corrected chi connectivity index (χ2v) is 6.18. The first-order valence-electron chi connectivity index (χ1n) is 9.52. The van der Waals surface area contributed by atoms with Crippen LogP contribution < -0.4 is 18.9 Å². The number of methoxy groups -OCH3 is 3. The van der Waals surface area contributed by atoms with Gasteiger partial charge in [-0.1, -0.05) is 26.2 Å². The molecule has 0 aliphatic heterocycles. The largest absolute Gasteiger partial charge is 0.493 e. The van der Waals surface area contributed by atoms with E-state index < -0.39 is 0 Å². The number of hydrogen-bond donors (Lipinski definition) is 0. The molecule has 0 bridgehead atoms. The summed E-state index contributed by atoms with van der Waals surface area (Å²) in [5, 5.41) is 4.25. The van der Waals surface area contributed by atoms with E-state index in [1.807, 2.05) is 6.92 Å². The van der Waals surface area contributed by atoms with E-state index in [4.69, 9.17) is 18.9 Å². The molecule has 8 nitrogen and oxygen atoms in total. The Labute approximate surface area is 165 Å². The Balaban J connectivity index is 2.44. The van der Waals surface area contributed by atoms with Crippen LogP contribution in [0.3, 0.4) is 0 Å². The Hall–Kier alpha value is -2.77. The van der Waals surface area contributed by atoms with Gasteiger partial charge in [-0.25, -0.2) is 0 Å². The molecule has 0 amide bonds. The van der Waals surface area contributed by atoms with E-state index >= 15 is 0 Å². The van der Waals surface area contributed by atoms with E-state index in [1.165, 1.54) is 26.0 Å². The second-order valence-electron chi connectivity index (χ2n) is 6.18. The highest BCUT2D eigenvalue weighted by Crippen LogP contribution is 2.41. The Kier molecular flexibility index (Phi) is 8.10. The van der Waals surface area contributed by atoms with Gasteiger partial charge in [0.05, 0.1) is 27.9 Å². The molecule has 0 N–H and O–H groups in total. The summed E-state index contributed by atoms with van der Waals surface area (Å²) in [7, 11) is 4.61. The zero-order valence-electron chi connectivity index (χ0n) is 17.3. The van der Waals surface area contributed by atoms with Gasteiger partial charge in [0.25, 0.3) is 0 Å². The number of ether oxygens (including phenoxy) is 4. The zero-order chi connectivity index (χ0) is 20.5. The van der Waals surface area contributed by atoms with Crippen molar-refractivity contribution in [3.8, 4) is 34.6 Å². The number of aromatic nitrogens is 3. The van der Waals surface area contributed by atoms with E-state index in [0.29, 0.717) is 41.7 Å². The minimum Gasteiger partial charge on any atom is -0.493 e. The normalized spacial score (nSPS) is 10.6. The van der Waals surface area contributed by atoms with E-state index in [9.17, 15) is 4.79 Å². The Morgan fingerprint density at radius 3 is 2.21 bits per heavy atom. The van der Waals surface area contributed by atoms with Crippen LogP contribution in [0.25, 0.3) is 11.4 Å². The van der Waals surface area contributed by atoms with Gasteiger partial charge in [0.2, 0.25) is 11.7 Å². The molecule has 2 rings (SSSR count). The summed E-state index contributed by atoms with van der Waals surface area (Å²) in [5.74, 6) is 1.66. The Bertz CT molecular complexity index is 763. The summed E-state index contributed by atoms with van der Waals surface area (Å²) >= 11 is 0. The van der Waals surface area contributed by atoms with E-state index in [-0.39, 0.29) is 11.9 Å². The van der Waals surface area contributed by atoms with Crippen LogP contribution >= 0.6 is 0 Å². The number of unbranched alkanes of at least 4 members (excludes halogenated alkanes) is 3. The highest BCUT2D eigenvalue weighted by Gasteiger charge is 2.22. The lowest BCUT2D eigenvalue weighted by Gasteiger charge is -2.14. The van der Waals surface area contributed by atoms with Gasteiger partial charge in [-0.05, 0) is 25.5 Å². The smallest absolute Gasteiger partial charge is 0.336 e. The van der Waals surface area contributed by atoms with Crippen LogP contribution in [0.1, 0.15) is 50.7 Å². The minimum absolute atomic E-state index is 0.127. The standard InChI is InChI=1S/C20H29N3O5/c1-6-8-9-10-11-17(24)23-19(21-20(22-23)28-7-2)14-12-15(25-3)18(27-5)16(13-14)26-4/h12-13H,6-11H2,1-5H3. The predicted octanol–water partition coefficient (Wildman–Crippen LogP) is 3.98. The quantitative estimate of drug-likeness (QED) is 0.536. The van der Waals surface area contributed by atoms with E-state index in [2.05, 4.69) is 17.0 Å². The van der Waals surface area contributed by atoms with Crippen LogP contribution in [0.5, 0.6) is 23.3 Å². The van der Waals surface area contributed by atoms with Gasteiger partial charge in [-0.15, -0.1) is 5.10 Å². The van der Waals surface area contributed by atoms with Gasteiger partial charge in [-0.2, -0.15) is 9.67 Å². The van der Waals surface area contributed by atoms with Crippen LogP contribution in [-0.4, -0.2) is 48.6 Å². The van der Waals surface area contributed by atoms with Crippen molar-refractivity contribution in [3.05, 3.63) is 12.1 Å². The van der Waals surface area contributed by atoms with Crippen LogP contribution in [0.4, 0.5) is 0 Å². The van der Waals surface area contributed by atoms with Gasteiger partial charge in [0.1, 0.15) is 0 Å². The number of benzene rings is 1. The van der Waals surface area contributed by atoms with Crippen molar-refractivity contribution in [2.24, 2.45) is 0 Å². The maximum Gasteiger partial charge on any atom is 0.336 e. The number of carbonyl (C=O) groups excluding carboxylic acids is 1. The molecule has 0 fully saturated rings. The topological polar surface area (TPSA) is 84.7 Å². The van der Waals surface area contributed by atoms with Crippen molar-refractivity contribution >= 4 is 5.91 Å². The molecule has 0 spiro atoms. The fourth-order valence-electron chi connectivity index (χ4n) is 2.86. The summed E-state index contributed by atoms with van der Waals surface area (Å²) in [4.78, 5) is 17.2. The Morgan fingerprint density at radius 2 is 1.68 bits per heavy atom. The molecule has 154 valence electrons. The first-order valence-corrected chi connectivity index (χ1v) is 9.52. The van der Waals surface area contributed by atoms with Crippen molar-refractivity contribution in [3.63, 3.8) is 0 Å². The van der Waals surface area contributed by atoms with Crippen LogP contribution in [0, 0.1) is 0 Å². The van der Waals surface area contributed by atoms with E-state index in [0.717, 1.165) is 25.7 Å². The zero-order valence-corrected chi connectivity index (χ0v) is 17.3. The molecule has 1 heterocycles. The monoisotopic (exact) mass is 391 g/mol. The maximum absolute atomic E-state index is 12.8. The SMILES string of the molecule is CCCCCCC(=O)n1nc(OCC)nc1-c1cc(OC)c(OC)c(OC)c1. The molecule has 0 atom stereocenters. The second kappa shape index (κ2) is 10.5. The third-order valence-electron chi connectivity index (χ3n) is 4.26. The molecule has 8 heteroatoms. The molecule has 0 saturated heterocycles. The van der Waals surface area contributed by atoms with Crippen molar-refractivity contribution in [2.45, 2.75) is 46.0 Å². The number of rotatable bonds is 11. The number of nitrogens with zero attached hydrogens (tertiary/aromatic N) is 3. The molecular formula is C20H29N3O5. The molecule has 0 saturated carbocycles. The lowest BCUT2D eigenvalue weighted by atomic mass is 10.1. The van der Waals surface area contributed by atoms with Gasteiger partial charge in [-0.3, -0.25) is 4.79 Å². The lowest BCUT2D eigenvalue weighted by Crippen LogP contribution is -2.14. The first kappa shape index (κ1) is 21.5. The summed E-state index contributed by atoms with van der Waals surface area (Å²) < 4.78 is 22.9. The molecule has 0 aliphatic carbocycles. The third kappa shape index (κ3) is 4.94. The summed E-state index contributed by atoms with van der Waals surface area (Å²) in [6, 6.07) is 3.64. The average Bonchev–Trinajstić information content (AvgIpc) is 3.14. The Morgan fingerprint density at radius 1 is 1.00 bits per heavy atom. The molecule has 0 radical (unpaired) electrons. The molecule has 0 aliphatic rings. The van der Waals surface area contributed by atoms with Crippen molar-refractivity contribution in [2.75, 3.05) is 27.9 Å². The van der Waals surface area contributed by atoms with E-state index in [1.54, 1.807) is 12.1 Å². The fourth-order valence-corrected chi connectivity index (χ4v) is 2.86. The summed E-state index contributed by atoms with van der Waals surface area (Å²) in [6.45, 7) is 4.38. The molecule has 1 aromatic heterocycles. The predicted molar refractivity (Wildman–Crippen MR) is 106 cm³/mol. The molecular weight excluding hydrogens is 362 g/mol. The molecule has 0 unspecified atom stereocenters. The summed E-state index contributed by atoms with van der Waals surface area (Å²) in [6.07, 6.45) is 4.43. The van der Waals surface area contributed by atoms with Gasteiger partial charge < -0.3 is 18.9 Å². The van der Waals surface area contributed by atoms with Crippen LogP contribution in [-0.2, 0) is 0 Å². The molecule has 1 aromatic carbocycles. The number of hydrogen-bond acceptors (Lipinski definition) is 7. The highest BCUT2D eigenvalue weighted by atomic mass is 16.5. The highest BCUT2D eigenvalue weighted by molar-refractivity contribution is 5.83. The third-order valence-corrected chi connectivity index (χ3v) is 4.26.